The van der Waals surface area contributed by atoms with Gasteiger partial charge in [0.1, 0.15) is 0 Å². The molecule has 1 aliphatic carbocycles. The average molecular weight is 295 g/mol. The third-order valence-electron chi connectivity index (χ3n) is 5.85. The van der Waals surface area contributed by atoms with E-state index in [0.717, 1.165) is 26.1 Å². The van der Waals surface area contributed by atoms with E-state index in [1.807, 2.05) is 0 Å². The van der Waals surface area contributed by atoms with E-state index in [2.05, 4.69) is 43.5 Å². The van der Waals surface area contributed by atoms with Crippen molar-refractivity contribution in [1.82, 2.24) is 15.5 Å². The molecule has 2 unspecified atom stereocenters. The molecule has 2 fully saturated rings. The number of amides is 1. The van der Waals surface area contributed by atoms with Crippen LogP contribution in [0.1, 0.15) is 46.0 Å². The molecule has 2 rings (SSSR count). The third-order valence-corrected chi connectivity index (χ3v) is 5.85. The average Bonchev–Trinajstić information content (AvgIpc) is 3.17. The van der Waals surface area contributed by atoms with Crippen molar-refractivity contribution in [2.24, 2.45) is 17.3 Å². The molecule has 2 atom stereocenters. The van der Waals surface area contributed by atoms with Gasteiger partial charge in [0, 0.05) is 18.5 Å². The lowest BCUT2D eigenvalue weighted by Crippen LogP contribution is -2.45. The molecule has 1 heterocycles. The van der Waals surface area contributed by atoms with Crippen molar-refractivity contribution in [3.8, 4) is 0 Å². The van der Waals surface area contributed by atoms with E-state index in [1.165, 1.54) is 25.7 Å². The Balaban J connectivity index is 1.82. The predicted octanol–water partition coefficient (Wildman–Crippen LogP) is 1.86. The normalized spacial score (nSPS) is 25.3. The van der Waals surface area contributed by atoms with E-state index in [9.17, 15) is 4.79 Å². The van der Waals surface area contributed by atoms with Crippen LogP contribution in [0.15, 0.2) is 0 Å². The van der Waals surface area contributed by atoms with Crippen molar-refractivity contribution in [3.63, 3.8) is 0 Å². The predicted molar refractivity (Wildman–Crippen MR) is 87.2 cm³/mol. The topological polar surface area (TPSA) is 44.4 Å². The number of likely N-dealkylation sites (N-methyl/N-ethyl adjacent to an activating group) is 1. The molecule has 0 radical (unpaired) electrons. The maximum Gasteiger partial charge on any atom is 0.223 e. The first-order valence-electron chi connectivity index (χ1n) is 8.69. The van der Waals surface area contributed by atoms with Crippen LogP contribution in [-0.2, 0) is 4.79 Å². The Morgan fingerprint density at radius 1 is 1.29 bits per heavy atom. The highest BCUT2D eigenvalue weighted by Gasteiger charge is 2.57. The molecule has 1 spiro atoms. The molecule has 1 saturated heterocycles. The van der Waals surface area contributed by atoms with Crippen LogP contribution in [0.5, 0.6) is 0 Å². The number of nitrogens with one attached hydrogen (secondary N) is 2. The summed E-state index contributed by atoms with van der Waals surface area (Å²) in [6, 6.07) is 0.451. The van der Waals surface area contributed by atoms with Crippen molar-refractivity contribution in [1.29, 1.82) is 0 Å². The highest BCUT2D eigenvalue weighted by Crippen LogP contribution is 2.58. The van der Waals surface area contributed by atoms with E-state index in [4.69, 9.17) is 0 Å². The summed E-state index contributed by atoms with van der Waals surface area (Å²) in [5.74, 6) is 1.24. The molecule has 122 valence electrons. The molecule has 2 aliphatic rings. The molecule has 4 nitrogen and oxygen atoms in total. The number of carbonyl (C=O) groups is 1. The van der Waals surface area contributed by atoms with Gasteiger partial charge in [-0.2, -0.15) is 0 Å². The van der Waals surface area contributed by atoms with Gasteiger partial charge in [0.25, 0.3) is 0 Å². The lowest BCUT2D eigenvalue weighted by Gasteiger charge is -2.31. The zero-order valence-corrected chi connectivity index (χ0v) is 14.2. The minimum Gasteiger partial charge on any atom is -0.354 e. The van der Waals surface area contributed by atoms with Gasteiger partial charge in [-0.1, -0.05) is 26.7 Å². The van der Waals surface area contributed by atoms with Gasteiger partial charge in [-0.15, -0.1) is 0 Å². The van der Waals surface area contributed by atoms with Gasteiger partial charge in [0.2, 0.25) is 5.91 Å². The fourth-order valence-corrected chi connectivity index (χ4v) is 4.13. The summed E-state index contributed by atoms with van der Waals surface area (Å²) < 4.78 is 0. The van der Waals surface area contributed by atoms with Crippen molar-refractivity contribution >= 4 is 5.91 Å². The van der Waals surface area contributed by atoms with Crippen molar-refractivity contribution in [2.45, 2.75) is 52.0 Å². The number of hydrogen-bond donors (Lipinski definition) is 2. The summed E-state index contributed by atoms with van der Waals surface area (Å²) in [4.78, 5) is 14.7. The standard InChI is InChI=1S/C17H33N3O/c1-5-13(6-2)15(20(3)4)12-19-16(21)14-11-17(14)7-9-18-10-8-17/h13-15,18H,5-12H2,1-4H3,(H,19,21). The molecule has 1 amide bonds. The van der Waals surface area contributed by atoms with Crippen LogP contribution in [-0.4, -0.2) is 50.6 Å². The molecule has 0 bridgehead atoms. The first-order valence-corrected chi connectivity index (χ1v) is 8.69. The fraction of sp³-hybridized carbons (Fsp3) is 0.941. The number of nitrogens with zero attached hydrogens (tertiary/aromatic N) is 1. The Morgan fingerprint density at radius 3 is 2.43 bits per heavy atom. The molecule has 1 aliphatic heterocycles. The number of piperidine rings is 1. The van der Waals surface area contributed by atoms with Gasteiger partial charge in [-0.25, -0.2) is 0 Å². The molecule has 21 heavy (non-hydrogen) atoms. The summed E-state index contributed by atoms with van der Waals surface area (Å²) in [5.41, 5.74) is 0.345. The Bertz CT molecular complexity index is 346. The van der Waals surface area contributed by atoms with Crippen LogP contribution >= 0.6 is 0 Å². The summed E-state index contributed by atoms with van der Waals surface area (Å²) in [6.45, 7) is 7.45. The Kier molecular flexibility index (Phi) is 5.67. The van der Waals surface area contributed by atoms with Gasteiger partial charge in [0.05, 0.1) is 0 Å². The van der Waals surface area contributed by atoms with E-state index in [1.54, 1.807) is 0 Å². The monoisotopic (exact) mass is 295 g/mol. The second-order valence-electron chi connectivity index (χ2n) is 7.22. The second-order valence-corrected chi connectivity index (χ2v) is 7.22. The first kappa shape index (κ1) is 16.8. The largest absolute Gasteiger partial charge is 0.354 e. The Hall–Kier alpha value is -0.610. The highest BCUT2D eigenvalue weighted by atomic mass is 16.2. The zero-order valence-electron chi connectivity index (χ0n) is 14.2. The molecular formula is C17H33N3O. The molecule has 0 aromatic rings. The van der Waals surface area contributed by atoms with E-state index in [-0.39, 0.29) is 5.92 Å². The zero-order chi connectivity index (χ0) is 15.5. The quantitative estimate of drug-likeness (QED) is 0.753. The lowest BCUT2D eigenvalue weighted by molar-refractivity contribution is -0.123. The third kappa shape index (κ3) is 3.78. The van der Waals surface area contributed by atoms with E-state index >= 15 is 0 Å². The highest BCUT2D eigenvalue weighted by molar-refractivity contribution is 5.82. The summed E-state index contributed by atoms with van der Waals surface area (Å²) in [7, 11) is 4.25. The van der Waals surface area contributed by atoms with Crippen molar-refractivity contribution in [3.05, 3.63) is 0 Å². The molecular weight excluding hydrogens is 262 g/mol. The molecule has 0 aromatic carbocycles. The molecule has 4 heteroatoms. The summed E-state index contributed by atoms with van der Waals surface area (Å²) in [5, 5.41) is 6.64. The van der Waals surface area contributed by atoms with Crippen LogP contribution < -0.4 is 10.6 Å². The Labute approximate surface area is 130 Å². The maximum absolute atomic E-state index is 12.5. The van der Waals surface area contributed by atoms with Crippen LogP contribution in [0, 0.1) is 17.3 Å². The van der Waals surface area contributed by atoms with Crippen LogP contribution in [0.2, 0.25) is 0 Å². The van der Waals surface area contributed by atoms with E-state index < -0.39 is 0 Å². The van der Waals surface area contributed by atoms with Crippen LogP contribution in [0.3, 0.4) is 0 Å². The SMILES string of the molecule is CCC(CC)C(CNC(=O)C1CC12CCNCC2)N(C)C. The fourth-order valence-electron chi connectivity index (χ4n) is 4.13. The minimum atomic E-state index is 0.282. The smallest absolute Gasteiger partial charge is 0.223 e. The number of hydrogen-bond acceptors (Lipinski definition) is 3. The van der Waals surface area contributed by atoms with E-state index in [0.29, 0.717) is 23.3 Å². The van der Waals surface area contributed by atoms with Crippen LogP contribution in [0.4, 0.5) is 0 Å². The second kappa shape index (κ2) is 7.10. The van der Waals surface area contributed by atoms with Gasteiger partial charge in [-0.05, 0) is 57.8 Å². The maximum atomic E-state index is 12.5. The van der Waals surface area contributed by atoms with Crippen molar-refractivity contribution < 1.29 is 4.79 Å². The summed E-state index contributed by atoms with van der Waals surface area (Å²) in [6.07, 6.45) is 5.81. The van der Waals surface area contributed by atoms with Gasteiger partial charge < -0.3 is 15.5 Å². The number of rotatable bonds is 7. The minimum absolute atomic E-state index is 0.282. The Morgan fingerprint density at radius 2 is 1.90 bits per heavy atom. The van der Waals surface area contributed by atoms with Gasteiger partial charge in [0.15, 0.2) is 0 Å². The summed E-state index contributed by atoms with van der Waals surface area (Å²) >= 11 is 0. The van der Waals surface area contributed by atoms with Crippen molar-refractivity contribution in [2.75, 3.05) is 33.7 Å². The lowest BCUT2D eigenvalue weighted by atomic mass is 9.91. The first-order chi connectivity index (χ1) is 10.0. The van der Waals surface area contributed by atoms with Crippen LogP contribution in [0.25, 0.3) is 0 Å². The molecule has 0 aromatic heterocycles. The molecule has 2 N–H and O–H groups in total. The van der Waals surface area contributed by atoms with Gasteiger partial charge in [-0.3, -0.25) is 4.79 Å². The molecule has 1 saturated carbocycles. The number of carbonyl (C=O) groups excluding carboxylic acids is 1. The van der Waals surface area contributed by atoms with Gasteiger partial charge >= 0.3 is 0 Å².